The lowest BCUT2D eigenvalue weighted by atomic mass is 10.0. The number of nitriles is 1. The Hall–Kier alpha value is -2.27. The van der Waals surface area contributed by atoms with Crippen molar-refractivity contribution in [1.29, 1.82) is 5.26 Å². The quantitative estimate of drug-likeness (QED) is 0.891. The Morgan fingerprint density at radius 1 is 0.950 bits per heavy atom. The average Bonchev–Trinajstić information content (AvgIpc) is 2.41. The van der Waals surface area contributed by atoms with E-state index in [9.17, 15) is 5.26 Å². The Kier molecular flexibility index (Phi) is 4.10. The lowest BCUT2D eigenvalue weighted by molar-refractivity contribution is 1.10. The Bertz CT molecular complexity index is 679. The molecule has 2 aromatic rings. The summed E-state index contributed by atoms with van der Waals surface area (Å²) in [5.41, 5.74) is 7.83. The van der Waals surface area contributed by atoms with Crippen molar-refractivity contribution in [2.75, 3.05) is 5.32 Å². The summed E-state index contributed by atoms with van der Waals surface area (Å²) < 4.78 is 0. The largest absolute Gasteiger partial charge is 0.380 e. The molecule has 0 aliphatic heterocycles. The van der Waals surface area contributed by atoms with E-state index in [0.29, 0.717) is 0 Å². The summed E-state index contributed by atoms with van der Waals surface area (Å²) in [4.78, 5) is 0. The van der Waals surface area contributed by atoms with Gasteiger partial charge in [0.1, 0.15) is 6.07 Å². The van der Waals surface area contributed by atoms with Gasteiger partial charge in [-0.05, 0) is 61.6 Å². The van der Waals surface area contributed by atoms with Crippen molar-refractivity contribution in [2.24, 2.45) is 0 Å². The number of hydrogen-bond donors (Lipinski definition) is 1. The Morgan fingerprint density at radius 3 is 2.35 bits per heavy atom. The van der Waals surface area contributed by atoms with Crippen molar-refractivity contribution in [3.63, 3.8) is 0 Å². The Morgan fingerprint density at radius 2 is 1.65 bits per heavy atom. The van der Waals surface area contributed by atoms with Crippen LogP contribution in [0.15, 0.2) is 30.3 Å². The molecule has 0 radical (unpaired) electrons. The Labute approximate surface area is 121 Å². The molecule has 0 amide bonds. The molecule has 0 bridgehead atoms. The van der Waals surface area contributed by atoms with Crippen LogP contribution < -0.4 is 5.32 Å². The van der Waals surface area contributed by atoms with Crippen molar-refractivity contribution < 1.29 is 0 Å². The van der Waals surface area contributed by atoms with Crippen LogP contribution >= 0.6 is 0 Å². The highest BCUT2D eigenvalue weighted by Crippen LogP contribution is 2.21. The van der Waals surface area contributed by atoms with Gasteiger partial charge in [0.2, 0.25) is 0 Å². The normalized spacial score (nSPS) is 10.2. The van der Waals surface area contributed by atoms with Crippen molar-refractivity contribution >= 4 is 5.69 Å². The maximum Gasteiger partial charge on any atom is 0.102 e. The first-order chi connectivity index (χ1) is 9.52. The maximum atomic E-state index is 9.24. The fourth-order valence-electron chi connectivity index (χ4n) is 2.36. The molecule has 0 aromatic heterocycles. The van der Waals surface area contributed by atoms with Crippen molar-refractivity contribution in [3.8, 4) is 6.07 Å². The molecule has 102 valence electrons. The van der Waals surface area contributed by atoms with Crippen LogP contribution in [-0.4, -0.2) is 0 Å². The zero-order chi connectivity index (χ0) is 14.7. The molecule has 0 saturated heterocycles. The van der Waals surface area contributed by atoms with Crippen LogP contribution in [0.3, 0.4) is 0 Å². The van der Waals surface area contributed by atoms with E-state index in [0.717, 1.165) is 23.4 Å². The molecule has 0 aliphatic carbocycles. The van der Waals surface area contributed by atoms with Gasteiger partial charge in [0.15, 0.2) is 0 Å². The number of nitrogens with one attached hydrogen (secondary N) is 1. The van der Waals surface area contributed by atoms with Gasteiger partial charge in [0.05, 0.1) is 11.3 Å². The summed E-state index contributed by atoms with van der Waals surface area (Å²) in [6.45, 7) is 9.10. The van der Waals surface area contributed by atoms with Crippen LogP contribution in [-0.2, 0) is 6.54 Å². The van der Waals surface area contributed by atoms with E-state index in [1.54, 1.807) is 0 Å². The number of nitrogens with zero attached hydrogens (tertiary/aromatic N) is 1. The van der Waals surface area contributed by atoms with Gasteiger partial charge in [-0.15, -0.1) is 0 Å². The first-order valence-electron chi connectivity index (χ1n) is 6.83. The van der Waals surface area contributed by atoms with Gasteiger partial charge in [0, 0.05) is 6.54 Å². The lowest BCUT2D eigenvalue weighted by Gasteiger charge is -2.13. The molecule has 2 heteroatoms. The van der Waals surface area contributed by atoms with Gasteiger partial charge in [-0.3, -0.25) is 0 Å². The van der Waals surface area contributed by atoms with Crippen LogP contribution in [0.25, 0.3) is 0 Å². The van der Waals surface area contributed by atoms with Crippen molar-refractivity contribution in [3.05, 3.63) is 63.7 Å². The van der Waals surface area contributed by atoms with E-state index in [2.05, 4.69) is 44.3 Å². The molecule has 1 N–H and O–H groups in total. The van der Waals surface area contributed by atoms with Crippen LogP contribution in [0.4, 0.5) is 5.69 Å². The molecule has 2 nitrogen and oxygen atoms in total. The lowest BCUT2D eigenvalue weighted by Crippen LogP contribution is -2.04. The Balaban J connectivity index is 2.24. The first-order valence-corrected chi connectivity index (χ1v) is 6.83. The molecule has 0 unspecified atom stereocenters. The van der Waals surface area contributed by atoms with Crippen LogP contribution in [0.1, 0.15) is 33.4 Å². The second-order valence-electron chi connectivity index (χ2n) is 5.33. The zero-order valence-corrected chi connectivity index (χ0v) is 12.5. The third-order valence-corrected chi connectivity index (χ3v) is 3.81. The highest BCUT2D eigenvalue weighted by atomic mass is 14.9. The summed E-state index contributed by atoms with van der Waals surface area (Å²) in [5.74, 6) is 0. The first kappa shape index (κ1) is 14.1. The van der Waals surface area contributed by atoms with Gasteiger partial charge in [0.25, 0.3) is 0 Å². The third kappa shape index (κ3) is 2.83. The van der Waals surface area contributed by atoms with Gasteiger partial charge in [-0.25, -0.2) is 0 Å². The summed E-state index contributed by atoms with van der Waals surface area (Å²) in [7, 11) is 0. The molecule has 0 atom stereocenters. The fourth-order valence-corrected chi connectivity index (χ4v) is 2.36. The van der Waals surface area contributed by atoms with E-state index in [-0.39, 0.29) is 0 Å². The summed E-state index contributed by atoms with van der Waals surface area (Å²) in [6.07, 6.45) is 0. The molecule has 0 aliphatic rings. The molecule has 2 rings (SSSR count). The minimum absolute atomic E-state index is 0.731. The number of hydrogen-bond acceptors (Lipinski definition) is 2. The summed E-state index contributed by atoms with van der Waals surface area (Å²) >= 11 is 0. The molecule has 20 heavy (non-hydrogen) atoms. The standard InChI is InChI=1S/C18H20N2/c1-12-6-5-7-18(17(12)10-19)20-11-16-9-14(3)13(2)8-15(16)4/h5-9,20H,11H2,1-4H3. The van der Waals surface area contributed by atoms with E-state index in [1.165, 1.54) is 22.3 Å². The number of benzene rings is 2. The van der Waals surface area contributed by atoms with E-state index in [1.807, 2.05) is 25.1 Å². The van der Waals surface area contributed by atoms with Crippen LogP contribution in [0.5, 0.6) is 0 Å². The van der Waals surface area contributed by atoms with Gasteiger partial charge in [-0.1, -0.05) is 24.3 Å². The van der Waals surface area contributed by atoms with E-state index < -0.39 is 0 Å². The molecule has 0 fully saturated rings. The third-order valence-electron chi connectivity index (χ3n) is 3.81. The van der Waals surface area contributed by atoms with E-state index in [4.69, 9.17) is 0 Å². The van der Waals surface area contributed by atoms with Crippen LogP contribution in [0, 0.1) is 39.0 Å². The predicted molar refractivity (Wildman–Crippen MR) is 83.9 cm³/mol. The van der Waals surface area contributed by atoms with Gasteiger partial charge >= 0.3 is 0 Å². The molecular weight excluding hydrogens is 244 g/mol. The molecule has 2 aromatic carbocycles. The predicted octanol–water partition coefficient (Wildman–Crippen LogP) is 4.40. The summed E-state index contributed by atoms with van der Waals surface area (Å²) in [5, 5.41) is 12.6. The molecular formula is C18H20N2. The molecule has 0 spiro atoms. The monoisotopic (exact) mass is 264 g/mol. The zero-order valence-electron chi connectivity index (χ0n) is 12.5. The summed E-state index contributed by atoms with van der Waals surface area (Å²) in [6, 6.07) is 12.6. The van der Waals surface area contributed by atoms with Crippen LogP contribution in [0.2, 0.25) is 0 Å². The minimum atomic E-state index is 0.731. The van der Waals surface area contributed by atoms with Crippen molar-refractivity contribution in [1.82, 2.24) is 0 Å². The smallest absolute Gasteiger partial charge is 0.102 e. The number of aryl methyl sites for hydroxylation is 4. The molecule has 0 heterocycles. The number of anilines is 1. The molecule has 0 saturated carbocycles. The fraction of sp³-hybridized carbons (Fsp3) is 0.278. The minimum Gasteiger partial charge on any atom is -0.380 e. The second kappa shape index (κ2) is 5.79. The van der Waals surface area contributed by atoms with Crippen molar-refractivity contribution in [2.45, 2.75) is 34.2 Å². The average molecular weight is 264 g/mol. The highest BCUT2D eigenvalue weighted by Gasteiger charge is 2.06. The second-order valence-corrected chi connectivity index (χ2v) is 5.33. The van der Waals surface area contributed by atoms with E-state index >= 15 is 0 Å². The van der Waals surface area contributed by atoms with Gasteiger partial charge < -0.3 is 5.32 Å². The van der Waals surface area contributed by atoms with Gasteiger partial charge in [-0.2, -0.15) is 5.26 Å². The SMILES string of the molecule is Cc1cc(C)c(CNc2cccc(C)c2C#N)cc1C. The maximum absolute atomic E-state index is 9.24. The highest BCUT2D eigenvalue weighted by molar-refractivity contribution is 5.60. The number of rotatable bonds is 3. The topological polar surface area (TPSA) is 35.8 Å².